The fourth-order valence-corrected chi connectivity index (χ4v) is 12.8. The number of nitrogens with zero attached hydrogens (tertiary/aromatic N) is 2. The number of anilines is 2. The van der Waals surface area contributed by atoms with Gasteiger partial charge in [0.05, 0.1) is 66.8 Å². The lowest BCUT2D eigenvalue weighted by Gasteiger charge is -2.44. The van der Waals surface area contributed by atoms with Crippen molar-refractivity contribution in [1.82, 2.24) is 26.2 Å². The molecule has 24 nitrogen and oxygen atoms in total. The molecule has 0 aromatic heterocycles. The quantitative estimate of drug-likeness (QED) is 0.0162. The number of esters is 2. The molecule has 0 aliphatic carbocycles. The van der Waals surface area contributed by atoms with Crippen LogP contribution < -0.4 is 42.0 Å². The third-order valence-corrected chi connectivity index (χ3v) is 18.6. The van der Waals surface area contributed by atoms with Crippen LogP contribution in [0.15, 0.2) is 54.1 Å². The SMILES string of the molecule is COc1cc2cc(c1Cl)N(C)C(=O)C[C@H](OC(=O)[C@H](C)N(C)C(=O)c1ccc(NC(=O)[C@H](CCCNC(N)=O)NC(=O)[C@@H](NC(C=O)CCCC(C)OC(=O)C(CBr)CBr)C(C)C)c(C(F)(F)F)c1)[C@]1(C)O[C@H]1[C@H](C)[C@@H]1C[C@@](O)(NC(O)O1)[C@H](OC)/C=C/C=C(\C)C2. The molecule has 3 heterocycles. The zero-order valence-corrected chi connectivity index (χ0v) is 57.3. The summed E-state index contributed by atoms with van der Waals surface area (Å²) < 4.78 is 80.5. The minimum absolute atomic E-state index is 0.00764. The van der Waals surface area contributed by atoms with Gasteiger partial charge in [0.1, 0.15) is 47.0 Å². The van der Waals surface area contributed by atoms with Crippen LogP contribution >= 0.6 is 43.5 Å². The summed E-state index contributed by atoms with van der Waals surface area (Å²) in [5.74, 6) is -6.42. The van der Waals surface area contributed by atoms with E-state index in [0.717, 1.165) is 29.7 Å². The topological polar surface area (TPSA) is 328 Å². The van der Waals surface area contributed by atoms with Gasteiger partial charge < -0.3 is 74.9 Å². The van der Waals surface area contributed by atoms with Gasteiger partial charge in [0.2, 0.25) is 24.1 Å². The van der Waals surface area contributed by atoms with E-state index in [1.807, 2.05) is 6.92 Å². The number of rotatable bonds is 26. The standard InChI is InChI=1S/C62H86Br2ClF3N8O16/c1-32(2)51(71-40(31-77)17-13-16-34(4)89-57(83)39(29-63)30-64)54(80)73-43(18-14-22-70-58(69)84)53(79)72-42-21-20-38(26-41(42)62(66,67)68)55(81)75(8)36(6)56(82)91-48-27-49(78)76(9)44-24-37(25-45(87-10)50(44)65)23-33(3)15-12-19-47(88-11)61(86)28-46(90-59(85)74-61)35(5)52-60(48,7)92-52/h12,15,19-21,24-26,31-32,34-36,39-40,43,46-48,51-52,59,71,74,85-86H,13-14,16-18,22-23,27-30H2,1-11H3,(H,72,79)(H,73,80)(H3,69,70,84)/b19-12+,33-15+/t34?,35-,36+,40?,43+,46+,47-,48+,51+,52+,59?,60+,61+/m1/s1. The number of carbonyl (C=O) groups excluding carboxylic acids is 8. The highest BCUT2D eigenvalue weighted by Crippen LogP contribution is 2.49. The lowest BCUT2D eigenvalue weighted by Crippen LogP contribution is -2.65. The van der Waals surface area contributed by atoms with E-state index in [2.05, 4.69) is 58.4 Å². The fourth-order valence-electron chi connectivity index (χ4n) is 10.9. The molecular weight excluding hydrogens is 1360 g/mol. The Morgan fingerprint density at radius 2 is 1.71 bits per heavy atom. The molecule has 3 aliphatic heterocycles. The van der Waals surface area contributed by atoms with Crippen molar-refractivity contribution in [2.75, 3.05) is 55.7 Å². The Morgan fingerprint density at radius 1 is 1.02 bits per heavy atom. The largest absolute Gasteiger partial charge is 0.495 e. The molecule has 3 aliphatic rings. The van der Waals surface area contributed by atoms with E-state index in [4.69, 9.17) is 45.8 Å². The number of alkyl halides is 5. The number of urea groups is 1. The number of likely N-dealkylation sites (N-methyl/N-ethyl adjacent to an activating group) is 1. The van der Waals surface area contributed by atoms with Crippen LogP contribution in [0.25, 0.3) is 0 Å². The number of aliphatic hydroxyl groups excluding tert-OH is 1. The first-order chi connectivity index (χ1) is 43.2. The molecule has 4 bridgehead atoms. The maximum atomic E-state index is 15.1. The highest BCUT2D eigenvalue weighted by Gasteiger charge is 2.64. The van der Waals surface area contributed by atoms with Crippen LogP contribution in [0.2, 0.25) is 5.02 Å². The Hall–Kier alpha value is -5.76. The number of amides is 6. The average molecular weight is 1450 g/mol. The highest BCUT2D eigenvalue weighted by atomic mass is 79.9. The van der Waals surface area contributed by atoms with Gasteiger partial charge in [-0.1, -0.05) is 88.0 Å². The number of aldehydes is 1. The second kappa shape index (κ2) is 34.1. The second-order valence-electron chi connectivity index (χ2n) is 24.0. The number of fused-ring (bicyclic) bond motifs is 5. The third kappa shape index (κ3) is 20.4. The summed E-state index contributed by atoms with van der Waals surface area (Å²) in [6.07, 6.45) is -5.41. The molecule has 9 N–H and O–H groups in total. The molecule has 30 heteroatoms. The predicted molar refractivity (Wildman–Crippen MR) is 342 cm³/mol. The van der Waals surface area contributed by atoms with Crippen LogP contribution in [0.1, 0.15) is 115 Å². The number of benzene rings is 2. The molecule has 512 valence electrons. The molecule has 0 radical (unpaired) electrons. The fraction of sp³-hybridized carbons (Fsp3) is 0.613. The molecule has 92 heavy (non-hydrogen) atoms. The van der Waals surface area contributed by atoms with Gasteiger partial charge in [-0.3, -0.25) is 29.3 Å². The molecule has 6 amide bonds. The summed E-state index contributed by atoms with van der Waals surface area (Å²) in [6.45, 7) is 11.4. The average Bonchev–Trinajstić information content (AvgIpc) is 1.57. The normalized spacial score (nSPS) is 25.3. The number of nitrogens with two attached hydrogens (primary N) is 1. The Balaban J connectivity index is 1.39. The molecule has 2 fully saturated rings. The van der Waals surface area contributed by atoms with Crippen LogP contribution in [-0.2, 0) is 65.0 Å². The summed E-state index contributed by atoms with van der Waals surface area (Å²) >= 11 is 13.4. The van der Waals surface area contributed by atoms with Crippen molar-refractivity contribution in [3.05, 3.63) is 75.8 Å². The number of ether oxygens (including phenoxy) is 6. The second-order valence-corrected chi connectivity index (χ2v) is 25.6. The zero-order chi connectivity index (χ0) is 68.7. The van der Waals surface area contributed by atoms with E-state index >= 15 is 13.2 Å². The number of epoxide rings is 1. The van der Waals surface area contributed by atoms with Gasteiger partial charge in [-0.15, -0.1) is 0 Å². The number of aliphatic hydroxyl groups is 2. The van der Waals surface area contributed by atoms with Crippen LogP contribution in [-0.4, -0.2) is 181 Å². The number of methoxy groups -OCH3 is 2. The summed E-state index contributed by atoms with van der Waals surface area (Å²) in [6, 6.07) is -0.234. The van der Waals surface area contributed by atoms with Crippen LogP contribution in [0.4, 0.5) is 29.3 Å². The predicted octanol–water partition coefficient (Wildman–Crippen LogP) is 6.56. The van der Waals surface area contributed by atoms with Crippen molar-refractivity contribution in [2.24, 2.45) is 23.5 Å². The minimum Gasteiger partial charge on any atom is -0.495 e. The number of carbonyl (C=O) groups is 8. The first kappa shape index (κ1) is 76.9. The first-order valence-electron chi connectivity index (χ1n) is 30.0. The van der Waals surface area contributed by atoms with E-state index in [-0.39, 0.29) is 48.7 Å². The van der Waals surface area contributed by atoms with Crippen LogP contribution in [0.5, 0.6) is 5.75 Å². The van der Waals surface area contributed by atoms with Gasteiger partial charge in [0.25, 0.3) is 5.91 Å². The van der Waals surface area contributed by atoms with Crippen molar-refractivity contribution in [1.29, 1.82) is 0 Å². The van der Waals surface area contributed by atoms with E-state index in [9.17, 15) is 48.6 Å². The number of primary amides is 1. The van der Waals surface area contributed by atoms with E-state index in [1.165, 1.54) is 33.1 Å². The molecule has 5 rings (SSSR count). The molecule has 2 aromatic carbocycles. The molecule has 13 atom stereocenters. The Labute approximate surface area is 555 Å². The van der Waals surface area contributed by atoms with Gasteiger partial charge in [0, 0.05) is 56.3 Å². The lowest BCUT2D eigenvalue weighted by atomic mass is 9.83. The van der Waals surface area contributed by atoms with Crippen molar-refractivity contribution in [2.45, 2.75) is 178 Å². The summed E-state index contributed by atoms with van der Waals surface area (Å²) in [5.41, 5.74) is 0.787. The number of hydrogen-bond donors (Lipinski definition) is 8. The first-order valence-corrected chi connectivity index (χ1v) is 32.7. The van der Waals surface area contributed by atoms with E-state index in [1.54, 1.807) is 65.0 Å². The number of allylic oxidation sites excluding steroid dienone is 3. The van der Waals surface area contributed by atoms with Crippen molar-refractivity contribution in [3.63, 3.8) is 0 Å². The van der Waals surface area contributed by atoms with Gasteiger partial charge in [0.15, 0.2) is 5.72 Å². The minimum atomic E-state index is -5.22. The molecule has 0 saturated carbocycles. The number of hydrogen-bond acceptors (Lipinski definition) is 18. The van der Waals surface area contributed by atoms with Gasteiger partial charge in [-0.05, 0) is 108 Å². The van der Waals surface area contributed by atoms with E-state index in [0.29, 0.717) is 47.8 Å². The molecule has 0 spiro atoms. The number of halogens is 6. The Morgan fingerprint density at radius 3 is 2.32 bits per heavy atom. The molecular formula is C62H86Br2ClF3N8O16. The van der Waals surface area contributed by atoms with Crippen molar-refractivity contribution in [3.8, 4) is 5.75 Å². The zero-order valence-electron chi connectivity index (χ0n) is 53.3. The Kier molecular flexibility index (Phi) is 28.5. The van der Waals surface area contributed by atoms with Gasteiger partial charge in [-0.25, -0.2) is 14.9 Å². The van der Waals surface area contributed by atoms with Crippen molar-refractivity contribution < 1.29 is 90.2 Å². The smallest absolute Gasteiger partial charge is 0.418 e. The Bertz CT molecular complexity index is 3020. The maximum absolute atomic E-state index is 15.1. The monoisotopic (exact) mass is 1450 g/mol. The highest BCUT2D eigenvalue weighted by molar-refractivity contribution is 9.09. The van der Waals surface area contributed by atoms with Gasteiger partial charge in [-0.2, -0.15) is 13.2 Å². The van der Waals surface area contributed by atoms with Crippen molar-refractivity contribution >= 4 is 103 Å². The maximum Gasteiger partial charge on any atom is 0.418 e. The number of nitrogens with one attached hydrogen (secondary N) is 5. The summed E-state index contributed by atoms with van der Waals surface area (Å²) in [4.78, 5) is 110. The lowest BCUT2D eigenvalue weighted by molar-refractivity contribution is -0.271. The molecule has 2 aromatic rings. The van der Waals surface area contributed by atoms with Gasteiger partial charge >= 0.3 is 24.1 Å². The summed E-state index contributed by atoms with van der Waals surface area (Å²) in [5, 5.41) is 36.6. The molecule has 3 unspecified atom stereocenters. The molecule has 2 saturated heterocycles. The van der Waals surface area contributed by atoms with Crippen LogP contribution in [0.3, 0.4) is 0 Å². The van der Waals surface area contributed by atoms with Crippen LogP contribution in [0, 0.1) is 17.8 Å². The summed E-state index contributed by atoms with van der Waals surface area (Å²) in [7, 11) is 5.41. The third-order valence-electron chi connectivity index (χ3n) is 16.6. The van der Waals surface area contributed by atoms with E-state index < -0.39 is 161 Å².